The highest BCUT2D eigenvalue weighted by molar-refractivity contribution is 7.10. The van der Waals surface area contributed by atoms with Crippen LogP contribution in [0.4, 0.5) is 0 Å². The molecule has 1 unspecified atom stereocenters. The van der Waals surface area contributed by atoms with Gasteiger partial charge in [-0.25, -0.2) is 4.79 Å². The molecule has 0 saturated heterocycles. The van der Waals surface area contributed by atoms with Crippen molar-refractivity contribution in [1.29, 1.82) is 0 Å². The van der Waals surface area contributed by atoms with Crippen LogP contribution in [0.2, 0.25) is 0 Å². The highest BCUT2D eigenvalue weighted by Gasteiger charge is 2.22. The van der Waals surface area contributed by atoms with Crippen LogP contribution in [0.25, 0.3) is 0 Å². The molecule has 0 fully saturated rings. The van der Waals surface area contributed by atoms with Crippen LogP contribution in [-0.4, -0.2) is 17.0 Å². The summed E-state index contributed by atoms with van der Waals surface area (Å²) in [5.41, 5.74) is 0. The molecule has 19 heavy (non-hydrogen) atoms. The van der Waals surface area contributed by atoms with Gasteiger partial charge in [-0.2, -0.15) is 0 Å². The van der Waals surface area contributed by atoms with E-state index >= 15 is 0 Å². The molecule has 106 valence electrons. The van der Waals surface area contributed by atoms with E-state index in [9.17, 15) is 9.59 Å². The molecule has 0 aromatic carbocycles. The summed E-state index contributed by atoms with van der Waals surface area (Å²) in [6, 6.07) is 2.60. The van der Waals surface area contributed by atoms with Crippen LogP contribution in [0.3, 0.4) is 0 Å². The van der Waals surface area contributed by atoms with Gasteiger partial charge >= 0.3 is 5.97 Å². The Kier molecular flexibility index (Phi) is 7.18. The molecule has 0 radical (unpaired) electrons. The van der Waals surface area contributed by atoms with Gasteiger partial charge in [0.15, 0.2) is 6.04 Å². The molecular formula is C14H21NO3S. The lowest BCUT2D eigenvalue weighted by Crippen LogP contribution is -2.33. The predicted octanol–water partition coefficient (Wildman–Crippen LogP) is 3.35. The Morgan fingerprint density at radius 1 is 1.32 bits per heavy atom. The normalized spacial score (nSPS) is 12.1. The second kappa shape index (κ2) is 8.69. The van der Waals surface area contributed by atoms with Gasteiger partial charge in [0.05, 0.1) is 0 Å². The van der Waals surface area contributed by atoms with Crippen molar-refractivity contribution in [3.63, 3.8) is 0 Å². The van der Waals surface area contributed by atoms with Crippen molar-refractivity contribution in [2.24, 2.45) is 0 Å². The van der Waals surface area contributed by atoms with Gasteiger partial charge in [-0.15, -0.1) is 11.3 Å². The highest BCUT2D eigenvalue weighted by Crippen LogP contribution is 2.19. The first-order chi connectivity index (χ1) is 9.15. The third-order valence-corrected chi connectivity index (χ3v) is 3.82. The molecule has 1 heterocycles. The SMILES string of the molecule is CCCCCCCC(=O)NC(C(=O)O)c1cccs1. The fourth-order valence-electron chi connectivity index (χ4n) is 1.83. The van der Waals surface area contributed by atoms with Gasteiger partial charge in [-0.05, 0) is 17.9 Å². The second-order valence-electron chi connectivity index (χ2n) is 4.52. The summed E-state index contributed by atoms with van der Waals surface area (Å²) in [6.07, 6.45) is 5.75. The number of unbranched alkanes of at least 4 members (excludes halogenated alkanes) is 4. The first kappa shape index (κ1) is 15.7. The minimum atomic E-state index is -1.01. The average molecular weight is 283 g/mol. The van der Waals surface area contributed by atoms with Gasteiger partial charge in [0.1, 0.15) is 0 Å². The van der Waals surface area contributed by atoms with E-state index in [1.165, 1.54) is 24.2 Å². The molecule has 0 aliphatic heterocycles. The van der Waals surface area contributed by atoms with Crippen LogP contribution in [-0.2, 0) is 9.59 Å². The number of hydrogen-bond acceptors (Lipinski definition) is 3. The maximum absolute atomic E-state index is 11.7. The van der Waals surface area contributed by atoms with Gasteiger partial charge < -0.3 is 10.4 Å². The van der Waals surface area contributed by atoms with Gasteiger partial charge in [0, 0.05) is 11.3 Å². The largest absolute Gasteiger partial charge is 0.479 e. The number of carbonyl (C=O) groups is 2. The molecule has 0 saturated carbocycles. The molecule has 1 rings (SSSR count). The smallest absolute Gasteiger partial charge is 0.331 e. The Morgan fingerprint density at radius 2 is 2.05 bits per heavy atom. The quantitative estimate of drug-likeness (QED) is 0.683. The Balaban J connectivity index is 2.34. The number of hydrogen-bond donors (Lipinski definition) is 2. The first-order valence-corrected chi connectivity index (χ1v) is 7.58. The van der Waals surface area contributed by atoms with Gasteiger partial charge in [0.2, 0.25) is 5.91 Å². The molecule has 2 N–H and O–H groups in total. The van der Waals surface area contributed by atoms with Crippen LogP contribution in [0.5, 0.6) is 0 Å². The van der Waals surface area contributed by atoms with Gasteiger partial charge in [-0.1, -0.05) is 38.7 Å². The number of carboxylic acids is 1. The van der Waals surface area contributed by atoms with Crippen molar-refractivity contribution >= 4 is 23.2 Å². The van der Waals surface area contributed by atoms with E-state index in [-0.39, 0.29) is 5.91 Å². The molecule has 0 spiro atoms. The number of aliphatic carboxylic acids is 1. The van der Waals surface area contributed by atoms with Crippen LogP contribution in [0.15, 0.2) is 17.5 Å². The third kappa shape index (κ3) is 5.87. The summed E-state index contributed by atoms with van der Waals surface area (Å²) >= 11 is 1.34. The van der Waals surface area contributed by atoms with Crippen LogP contribution < -0.4 is 5.32 Å². The average Bonchev–Trinajstić information content (AvgIpc) is 2.89. The van der Waals surface area contributed by atoms with Crippen molar-refractivity contribution in [1.82, 2.24) is 5.32 Å². The fraction of sp³-hybridized carbons (Fsp3) is 0.571. The van der Waals surface area contributed by atoms with Crippen LogP contribution in [0.1, 0.15) is 56.4 Å². The lowest BCUT2D eigenvalue weighted by Gasteiger charge is -2.12. The number of rotatable bonds is 9. The summed E-state index contributed by atoms with van der Waals surface area (Å²) < 4.78 is 0. The number of amides is 1. The zero-order chi connectivity index (χ0) is 14.1. The molecule has 5 heteroatoms. The second-order valence-corrected chi connectivity index (χ2v) is 5.50. The van der Waals surface area contributed by atoms with Crippen molar-refractivity contribution in [3.05, 3.63) is 22.4 Å². The molecule has 1 aromatic rings. The Hall–Kier alpha value is -1.36. The van der Waals surface area contributed by atoms with Crippen LogP contribution in [0, 0.1) is 0 Å². The van der Waals surface area contributed by atoms with E-state index in [4.69, 9.17) is 5.11 Å². The maximum Gasteiger partial charge on any atom is 0.331 e. The molecule has 4 nitrogen and oxygen atoms in total. The van der Waals surface area contributed by atoms with E-state index in [1.807, 2.05) is 5.38 Å². The third-order valence-electron chi connectivity index (χ3n) is 2.89. The molecule has 0 aliphatic rings. The molecule has 1 amide bonds. The molecule has 0 aliphatic carbocycles. The molecular weight excluding hydrogens is 262 g/mol. The minimum absolute atomic E-state index is 0.183. The standard InChI is InChI=1S/C14H21NO3S/c1-2-3-4-5-6-9-12(16)15-13(14(17)18)11-8-7-10-19-11/h7-8,10,13H,2-6,9H2,1H3,(H,15,16)(H,17,18). The van der Waals surface area contributed by atoms with Gasteiger partial charge in [-0.3, -0.25) is 4.79 Å². The summed E-state index contributed by atoms with van der Waals surface area (Å²) in [4.78, 5) is 23.5. The summed E-state index contributed by atoms with van der Waals surface area (Å²) in [6.45, 7) is 2.14. The topological polar surface area (TPSA) is 66.4 Å². The summed E-state index contributed by atoms with van der Waals surface area (Å²) in [7, 11) is 0. The number of carboxylic acid groups (broad SMARTS) is 1. The van der Waals surface area contributed by atoms with E-state index < -0.39 is 12.0 Å². The van der Waals surface area contributed by atoms with E-state index in [0.29, 0.717) is 11.3 Å². The molecule has 0 bridgehead atoms. The van der Waals surface area contributed by atoms with Crippen molar-refractivity contribution in [2.75, 3.05) is 0 Å². The summed E-state index contributed by atoms with van der Waals surface area (Å²) in [5.74, 6) is -1.20. The van der Waals surface area contributed by atoms with Crippen molar-refractivity contribution < 1.29 is 14.7 Å². The fourth-order valence-corrected chi connectivity index (χ4v) is 2.60. The van der Waals surface area contributed by atoms with Crippen molar-refractivity contribution in [2.45, 2.75) is 51.5 Å². The Morgan fingerprint density at radius 3 is 2.63 bits per heavy atom. The number of thiophene rings is 1. The van der Waals surface area contributed by atoms with E-state index in [1.54, 1.807) is 12.1 Å². The lowest BCUT2D eigenvalue weighted by atomic mass is 10.1. The Labute approximate surface area is 117 Å². The van der Waals surface area contributed by atoms with E-state index in [0.717, 1.165) is 19.3 Å². The Bertz CT molecular complexity index is 389. The highest BCUT2D eigenvalue weighted by atomic mass is 32.1. The molecule has 1 aromatic heterocycles. The number of nitrogens with one attached hydrogen (secondary N) is 1. The molecule has 1 atom stereocenters. The zero-order valence-electron chi connectivity index (χ0n) is 11.2. The van der Waals surface area contributed by atoms with Gasteiger partial charge in [0.25, 0.3) is 0 Å². The number of carbonyl (C=O) groups excluding carboxylic acids is 1. The minimum Gasteiger partial charge on any atom is -0.479 e. The van der Waals surface area contributed by atoms with Crippen LogP contribution >= 0.6 is 11.3 Å². The van der Waals surface area contributed by atoms with Crippen molar-refractivity contribution in [3.8, 4) is 0 Å². The first-order valence-electron chi connectivity index (χ1n) is 6.70. The lowest BCUT2D eigenvalue weighted by molar-refractivity contribution is -0.142. The summed E-state index contributed by atoms with van der Waals surface area (Å²) in [5, 5.41) is 13.5. The zero-order valence-corrected chi connectivity index (χ0v) is 12.0. The monoisotopic (exact) mass is 283 g/mol. The van der Waals surface area contributed by atoms with E-state index in [2.05, 4.69) is 12.2 Å². The predicted molar refractivity (Wildman–Crippen MR) is 76.2 cm³/mol. The maximum atomic E-state index is 11.7.